The Morgan fingerprint density at radius 3 is 2.60 bits per heavy atom. The van der Waals surface area contributed by atoms with E-state index in [1.165, 1.54) is 32.1 Å². The van der Waals surface area contributed by atoms with Crippen molar-refractivity contribution >= 4 is 5.97 Å². The van der Waals surface area contributed by atoms with Gasteiger partial charge in [-0.1, -0.05) is 58.6 Å². The summed E-state index contributed by atoms with van der Waals surface area (Å²) in [5.74, 6) is -0.230. The molecule has 2 N–H and O–H groups in total. The lowest BCUT2D eigenvalue weighted by atomic mass is 9.92. The number of rotatable bonds is 12. The Morgan fingerprint density at radius 2 is 1.92 bits per heavy atom. The largest absolute Gasteiger partial charge is 0.455 e. The van der Waals surface area contributed by atoms with Gasteiger partial charge in [-0.15, -0.1) is 0 Å². The maximum Gasteiger partial charge on any atom is 0.320 e. The molecule has 0 radical (unpaired) electrons. The number of ether oxygens (including phenoxy) is 3. The molecule has 0 bridgehead atoms. The van der Waals surface area contributed by atoms with Gasteiger partial charge < -0.3 is 19.9 Å². The third kappa shape index (κ3) is 8.34. The molecule has 1 fully saturated rings. The van der Waals surface area contributed by atoms with Gasteiger partial charge in [0.25, 0.3) is 0 Å². The summed E-state index contributed by atoms with van der Waals surface area (Å²) in [6, 6.07) is 0. The second-order valence-electron chi connectivity index (χ2n) is 6.90. The fourth-order valence-electron chi connectivity index (χ4n) is 3.07. The first-order valence-electron chi connectivity index (χ1n) is 9.93. The summed E-state index contributed by atoms with van der Waals surface area (Å²) in [6.45, 7) is 7.49. The predicted molar refractivity (Wildman–Crippen MR) is 100 cm³/mol. The molecule has 0 spiro atoms. The van der Waals surface area contributed by atoms with E-state index in [4.69, 9.17) is 19.9 Å². The molecule has 1 aliphatic rings. The minimum Gasteiger partial charge on any atom is -0.455 e. The van der Waals surface area contributed by atoms with Crippen LogP contribution in [0.25, 0.3) is 0 Å². The molecule has 1 unspecified atom stereocenters. The maximum atomic E-state index is 11.7. The Labute approximate surface area is 153 Å². The van der Waals surface area contributed by atoms with Crippen molar-refractivity contribution in [3.8, 4) is 0 Å². The van der Waals surface area contributed by atoms with Crippen molar-refractivity contribution in [2.45, 2.75) is 84.0 Å². The van der Waals surface area contributed by atoms with Gasteiger partial charge >= 0.3 is 5.97 Å². The standard InChI is InChI=1S/C20H37NO4/c1-4-6-7-8-9-10-11-12-17-20(25-18(22)14-21)19(23-13-5-2)16(3)15-24-17/h11-12,16-17,19-20H,4-10,13-15,21H2,1-3H3/t16-,17-,19?,20+/m0/s1. The number of carbonyl (C=O) groups is 1. The highest BCUT2D eigenvalue weighted by Gasteiger charge is 2.40. The van der Waals surface area contributed by atoms with Gasteiger partial charge in [0.1, 0.15) is 12.2 Å². The molecule has 5 nitrogen and oxygen atoms in total. The second-order valence-corrected chi connectivity index (χ2v) is 6.90. The van der Waals surface area contributed by atoms with Crippen LogP contribution in [0.1, 0.15) is 65.7 Å². The Balaban J connectivity index is 2.61. The molecule has 4 atom stereocenters. The molecule has 0 aliphatic carbocycles. The van der Waals surface area contributed by atoms with Gasteiger partial charge in [-0.05, 0) is 19.3 Å². The van der Waals surface area contributed by atoms with Gasteiger partial charge in [-0.2, -0.15) is 0 Å². The number of hydrogen-bond acceptors (Lipinski definition) is 5. The molecule has 0 saturated carbocycles. The van der Waals surface area contributed by atoms with Crippen LogP contribution in [-0.2, 0) is 19.0 Å². The topological polar surface area (TPSA) is 70.8 Å². The van der Waals surface area contributed by atoms with Crippen LogP contribution in [0.5, 0.6) is 0 Å². The Morgan fingerprint density at radius 1 is 1.16 bits per heavy atom. The first kappa shape index (κ1) is 22.1. The highest BCUT2D eigenvalue weighted by molar-refractivity contribution is 5.71. The van der Waals surface area contributed by atoms with Gasteiger partial charge in [0.15, 0.2) is 6.10 Å². The molecule has 1 rings (SSSR count). The normalized spacial score (nSPS) is 26.9. The van der Waals surface area contributed by atoms with Crippen LogP contribution in [0.4, 0.5) is 0 Å². The second kappa shape index (κ2) is 13.3. The molecule has 25 heavy (non-hydrogen) atoms. The highest BCUT2D eigenvalue weighted by atomic mass is 16.6. The average molecular weight is 356 g/mol. The van der Waals surface area contributed by atoms with Crippen molar-refractivity contribution in [1.29, 1.82) is 0 Å². The Bertz CT molecular complexity index is 386. The molecule has 1 heterocycles. The zero-order valence-corrected chi connectivity index (χ0v) is 16.2. The fraction of sp³-hybridized carbons (Fsp3) is 0.850. The van der Waals surface area contributed by atoms with Crippen molar-refractivity contribution in [3.63, 3.8) is 0 Å². The summed E-state index contributed by atoms with van der Waals surface area (Å²) in [5, 5.41) is 0. The van der Waals surface area contributed by atoms with Gasteiger partial charge in [0, 0.05) is 12.5 Å². The van der Waals surface area contributed by atoms with E-state index in [-0.39, 0.29) is 24.7 Å². The van der Waals surface area contributed by atoms with Gasteiger partial charge in [-0.3, -0.25) is 4.79 Å². The summed E-state index contributed by atoms with van der Waals surface area (Å²) in [7, 11) is 0. The molecule has 0 aromatic carbocycles. The lowest BCUT2D eigenvalue weighted by Gasteiger charge is -2.39. The van der Waals surface area contributed by atoms with Crippen LogP contribution in [-0.4, -0.2) is 44.0 Å². The van der Waals surface area contributed by atoms with Crippen LogP contribution >= 0.6 is 0 Å². The molecule has 146 valence electrons. The number of carbonyl (C=O) groups excluding carboxylic acids is 1. The van der Waals surface area contributed by atoms with Crippen molar-refractivity contribution in [2.75, 3.05) is 19.8 Å². The van der Waals surface area contributed by atoms with E-state index in [1.54, 1.807) is 0 Å². The van der Waals surface area contributed by atoms with E-state index in [1.807, 2.05) is 6.08 Å². The molecule has 0 aromatic rings. The quantitative estimate of drug-likeness (QED) is 0.329. The van der Waals surface area contributed by atoms with Crippen molar-refractivity contribution < 1.29 is 19.0 Å². The molecular weight excluding hydrogens is 318 g/mol. The van der Waals surface area contributed by atoms with Crippen LogP contribution in [0.2, 0.25) is 0 Å². The van der Waals surface area contributed by atoms with Gasteiger partial charge in [-0.25, -0.2) is 0 Å². The summed E-state index contributed by atoms with van der Waals surface area (Å²) in [6.07, 6.45) is 11.6. The number of esters is 1. The van der Waals surface area contributed by atoms with Gasteiger partial charge in [0.05, 0.1) is 13.2 Å². The summed E-state index contributed by atoms with van der Waals surface area (Å²) in [5.41, 5.74) is 5.42. The van der Waals surface area contributed by atoms with Gasteiger partial charge in [0.2, 0.25) is 0 Å². The van der Waals surface area contributed by atoms with E-state index >= 15 is 0 Å². The fourth-order valence-corrected chi connectivity index (χ4v) is 3.07. The van der Waals surface area contributed by atoms with Crippen LogP contribution in [0.3, 0.4) is 0 Å². The smallest absolute Gasteiger partial charge is 0.320 e. The third-order valence-corrected chi connectivity index (χ3v) is 4.51. The van der Waals surface area contributed by atoms with Crippen molar-refractivity contribution in [2.24, 2.45) is 11.7 Å². The molecular formula is C20H37NO4. The van der Waals surface area contributed by atoms with Crippen LogP contribution in [0, 0.1) is 5.92 Å². The minimum absolute atomic E-state index is 0.126. The van der Waals surface area contributed by atoms with Crippen molar-refractivity contribution in [3.05, 3.63) is 12.2 Å². The lowest BCUT2D eigenvalue weighted by Crippen LogP contribution is -2.52. The summed E-state index contributed by atoms with van der Waals surface area (Å²) in [4.78, 5) is 11.7. The first-order valence-corrected chi connectivity index (χ1v) is 9.93. The average Bonchev–Trinajstić information content (AvgIpc) is 2.62. The van der Waals surface area contributed by atoms with Crippen LogP contribution < -0.4 is 5.73 Å². The lowest BCUT2D eigenvalue weighted by molar-refractivity contribution is -0.194. The van der Waals surface area contributed by atoms with E-state index in [0.717, 1.165) is 12.8 Å². The molecule has 5 heteroatoms. The third-order valence-electron chi connectivity index (χ3n) is 4.51. The van der Waals surface area contributed by atoms with E-state index in [9.17, 15) is 4.79 Å². The highest BCUT2D eigenvalue weighted by Crippen LogP contribution is 2.27. The SMILES string of the molecule is CCCCCCCC=C[C@@H]1OC[C@H](C)C(OCCC)[C@@H]1OC(=O)CN. The molecule has 0 amide bonds. The minimum atomic E-state index is -0.428. The zero-order valence-electron chi connectivity index (χ0n) is 16.2. The van der Waals surface area contributed by atoms with E-state index in [2.05, 4.69) is 26.8 Å². The number of nitrogens with two attached hydrogens (primary N) is 1. The molecule has 0 aromatic heterocycles. The number of hydrogen-bond donors (Lipinski definition) is 1. The maximum absolute atomic E-state index is 11.7. The predicted octanol–water partition coefficient (Wildman–Crippen LogP) is 3.60. The first-order chi connectivity index (χ1) is 12.1. The van der Waals surface area contributed by atoms with E-state index in [0.29, 0.717) is 13.2 Å². The van der Waals surface area contributed by atoms with Crippen LogP contribution in [0.15, 0.2) is 12.2 Å². The van der Waals surface area contributed by atoms with Crippen molar-refractivity contribution in [1.82, 2.24) is 0 Å². The summed E-state index contributed by atoms with van der Waals surface area (Å²) < 4.78 is 17.5. The summed E-state index contributed by atoms with van der Waals surface area (Å²) >= 11 is 0. The Hall–Kier alpha value is -0.910. The van der Waals surface area contributed by atoms with E-state index < -0.39 is 12.1 Å². The number of allylic oxidation sites excluding steroid dienone is 1. The monoisotopic (exact) mass is 355 g/mol. The molecule has 1 aliphatic heterocycles. The Kier molecular flexibility index (Phi) is 11.8. The molecule has 1 saturated heterocycles. The zero-order chi connectivity index (χ0) is 18.5. The number of unbranched alkanes of at least 4 members (excludes halogenated alkanes) is 5.